The van der Waals surface area contributed by atoms with Gasteiger partial charge < -0.3 is 10.2 Å². The van der Waals surface area contributed by atoms with Crippen molar-refractivity contribution in [2.75, 3.05) is 5.75 Å². The number of carbonyl (C=O) groups is 2. The highest BCUT2D eigenvalue weighted by Gasteiger charge is 2.30. The van der Waals surface area contributed by atoms with Gasteiger partial charge in [0.15, 0.2) is 0 Å². The minimum absolute atomic E-state index is 0.0936. The second-order valence-electron chi connectivity index (χ2n) is 8.22. The van der Waals surface area contributed by atoms with Crippen LogP contribution in [0.5, 0.6) is 0 Å². The number of rotatable bonds is 10. The first kappa shape index (κ1) is 26.2. The van der Waals surface area contributed by atoms with E-state index in [4.69, 9.17) is 34.8 Å². The number of thioether (sulfide) groups is 1. The van der Waals surface area contributed by atoms with Gasteiger partial charge in [-0.3, -0.25) is 9.59 Å². The van der Waals surface area contributed by atoms with Crippen LogP contribution in [-0.2, 0) is 21.9 Å². The molecule has 2 aromatic rings. The number of hydrogen-bond acceptors (Lipinski definition) is 3. The van der Waals surface area contributed by atoms with Crippen molar-refractivity contribution in [1.82, 2.24) is 10.2 Å². The lowest BCUT2D eigenvalue weighted by molar-refractivity contribution is -0.139. The molecule has 0 bridgehead atoms. The first-order chi connectivity index (χ1) is 15.9. The number of nitrogens with zero attached hydrogens (tertiary/aromatic N) is 1. The molecule has 178 valence electrons. The van der Waals surface area contributed by atoms with Crippen LogP contribution in [0.2, 0.25) is 15.1 Å². The Kier molecular flexibility index (Phi) is 10.2. The maximum Gasteiger partial charge on any atom is 0.243 e. The quantitative estimate of drug-likeness (QED) is 0.372. The van der Waals surface area contributed by atoms with Crippen molar-refractivity contribution >= 4 is 58.4 Å². The summed E-state index contributed by atoms with van der Waals surface area (Å²) < 4.78 is 0. The van der Waals surface area contributed by atoms with Crippen LogP contribution in [0.15, 0.2) is 42.5 Å². The van der Waals surface area contributed by atoms with Gasteiger partial charge in [0.1, 0.15) is 6.04 Å². The summed E-state index contributed by atoms with van der Waals surface area (Å²) in [5.41, 5.74) is 1.63. The van der Waals surface area contributed by atoms with Gasteiger partial charge in [-0.15, -0.1) is 11.8 Å². The SMILES string of the molecule is CC[C@H](C(=O)NC1CCCC1)N(Cc1ccccc1Cl)C(=O)CSCc1c(Cl)cccc1Cl. The minimum atomic E-state index is -0.557. The number of halogens is 3. The summed E-state index contributed by atoms with van der Waals surface area (Å²) in [7, 11) is 0. The van der Waals surface area contributed by atoms with E-state index in [1.54, 1.807) is 29.2 Å². The normalized spacial score (nSPS) is 14.8. The summed E-state index contributed by atoms with van der Waals surface area (Å²) in [6.45, 7) is 2.21. The lowest BCUT2D eigenvalue weighted by Gasteiger charge is -2.31. The molecule has 2 aromatic carbocycles. The average Bonchev–Trinajstić information content (AvgIpc) is 3.29. The lowest BCUT2D eigenvalue weighted by atomic mass is 10.1. The zero-order chi connectivity index (χ0) is 23.8. The zero-order valence-electron chi connectivity index (χ0n) is 18.7. The first-order valence-corrected chi connectivity index (χ1v) is 13.5. The molecule has 0 unspecified atom stereocenters. The molecule has 0 aromatic heterocycles. The van der Waals surface area contributed by atoms with Gasteiger partial charge in [0.25, 0.3) is 0 Å². The summed E-state index contributed by atoms with van der Waals surface area (Å²) in [4.78, 5) is 28.2. The smallest absolute Gasteiger partial charge is 0.243 e. The molecule has 0 saturated heterocycles. The summed E-state index contributed by atoms with van der Waals surface area (Å²) >= 11 is 20.4. The van der Waals surface area contributed by atoms with Crippen LogP contribution in [0.4, 0.5) is 0 Å². The fourth-order valence-corrected chi connectivity index (χ4v) is 5.93. The van der Waals surface area contributed by atoms with E-state index in [0.717, 1.165) is 36.8 Å². The van der Waals surface area contributed by atoms with E-state index in [1.165, 1.54) is 11.8 Å². The number of nitrogens with one attached hydrogen (secondary N) is 1. The van der Waals surface area contributed by atoms with Gasteiger partial charge in [-0.05, 0) is 48.6 Å². The maximum absolute atomic E-state index is 13.4. The van der Waals surface area contributed by atoms with Crippen molar-refractivity contribution in [1.29, 1.82) is 0 Å². The molecular formula is C25H29Cl3N2O2S. The van der Waals surface area contributed by atoms with Gasteiger partial charge in [0.2, 0.25) is 11.8 Å². The van der Waals surface area contributed by atoms with E-state index in [9.17, 15) is 9.59 Å². The Balaban J connectivity index is 1.73. The van der Waals surface area contributed by atoms with E-state index < -0.39 is 6.04 Å². The molecule has 0 heterocycles. The molecule has 1 fully saturated rings. The third kappa shape index (κ3) is 7.29. The Labute approximate surface area is 215 Å². The molecule has 33 heavy (non-hydrogen) atoms. The van der Waals surface area contributed by atoms with E-state index >= 15 is 0 Å². The fraction of sp³-hybridized carbons (Fsp3) is 0.440. The summed E-state index contributed by atoms with van der Waals surface area (Å²) in [5.74, 6) is 0.509. The highest BCUT2D eigenvalue weighted by atomic mass is 35.5. The maximum atomic E-state index is 13.4. The topological polar surface area (TPSA) is 49.4 Å². The van der Waals surface area contributed by atoms with Crippen molar-refractivity contribution in [3.05, 3.63) is 68.7 Å². The zero-order valence-corrected chi connectivity index (χ0v) is 21.7. The molecule has 8 heteroatoms. The molecule has 1 aliphatic rings. The fourth-order valence-electron chi connectivity index (χ4n) is 4.09. The third-order valence-electron chi connectivity index (χ3n) is 5.92. The largest absolute Gasteiger partial charge is 0.352 e. The standard InChI is InChI=1S/C25H29Cl3N2O2S/c1-2-23(25(32)29-18-9-4-5-10-18)30(14-17-8-3-6-11-20(17)26)24(31)16-33-15-19-21(27)12-7-13-22(19)28/h3,6-8,11-13,18,23H,2,4-5,9-10,14-16H2,1H3,(H,29,32)/t23-/m1/s1. The highest BCUT2D eigenvalue weighted by molar-refractivity contribution is 7.99. The summed E-state index contributed by atoms with van der Waals surface area (Å²) in [6, 6.07) is 12.4. The van der Waals surface area contributed by atoms with Gasteiger partial charge in [-0.25, -0.2) is 0 Å². The van der Waals surface area contributed by atoms with Crippen LogP contribution in [0.1, 0.15) is 50.2 Å². The molecule has 4 nitrogen and oxygen atoms in total. The molecule has 0 aliphatic heterocycles. The molecule has 0 radical (unpaired) electrons. The third-order valence-corrected chi connectivity index (χ3v) is 7.94. The number of amides is 2. The van der Waals surface area contributed by atoms with Crippen LogP contribution in [-0.4, -0.2) is 34.6 Å². The number of benzene rings is 2. The average molecular weight is 528 g/mol. The monoisotopic (exact) mass is 526 g/mol. The Morgan fingerprint density at radius 1 is 1.03 bits per heavy atom. The molecule has 1 N–H and O–H groups in total. The Bertz CT molecular complexity index is 946. The summed E-state index contributed by atoms with van der Waals surface area (Å²) in [5, 5.41) is 4.90. The van der Waals surface area contributed by atoms with Crippen LogP contribution in [0.3, 0.4) is 0 Å². The van der Waals surface area contributed by atoms with Crippen LogP contribution < -0.4 is 5.32 Å². The molecular weight excluding hydrogens is 499 g/mol. The van der Waals surface area contributed by atoms with Crippen molar-refractivity contribution in [3.63, 3.8) is 0 Å². The molecule has 0 spiro atoms. The molecule has 2 amide bonds. The van der Waals surface area contributed by atoms with Crippen molar-refractivity contribution < 1.29 is 9.59 Å². The lowest BCUT2D eigenvalue weighted by Crippen LogP contribution is -2.51. The Hall–Kier alpha value is -1.40. The van der Waals surface area contributed by atoms with Crippen molar-refractivity contribution in [3.8, 4) is 0 Å². The minimum Gasteiger partial charge on any atom is -0.352 e. The number of hydrogen-bond donors (Lipinski definition) is 1. The van der Waals surface area contributed by atoms with Crippen LogP contribution in [0.25, 0.3) is 0 Å². The second-order valence-corrected chi connectivity index (χ2v) is 10.4. The van der Waals surface area contributed by atoms with E-state index in [0.29, 0.717) is 27.2 Å². The Morgan fingerprint density at radius 3 is 2.30 bits per heavy atom. The van der Waals surface area contributed by atoms with E-state index in [2.05, 4.69) is 5.32 Å². The van der Waals surface area contributed by atoms with Gasteiger partial charge in [-0.1, -0.05) is 78.8 Å². The highest BCUT2D eigenvalue weighted by Crippen LogP contribution is 2.29. The predicted molar refractivity (Wildman–Crippen MR) is 139 cm³/mol. The Morgan fingerprint density at radius 2 is 1.67 bits per heavy atom. The van der Waals surface area contributed by atoms with Crippen LogP contribution >= 0.6 is 46.6 Å². The predicted octanol–water partition coefficient (Wildman–Crippen LogP) is 6.75. The van der Waals surface area contributed by atoms with Gasteiger partial charge >= 0.3 is 0 Å². The molecule has 3 rings (SSSR count). The van der Waals surface area contributed by atoms with Gasteiger partial charge in [-0.2, -0.15) is 0 Å². The molecule has 1 saturated carbocycles. The summed E-state index contributed by atoms with van der Waals surface area (Å²) in [6.07, 6.45) is 4.77. The van der Waals surface area contributed by atoms with Crippen molar-refractivity contribution in [2.45, 2.75) is 63.4 Å². The van der Waals surface area contributed by atoms with Gasteiger partial charge in [0, 0.05) is 33.4 Å². The van der Waals surface area contributed by atoms with Gasteiger partial charge in [0.05, 0.1) is 5.75 Å². The van der Waals surface area contributed by atoms with Crippen molar-refractivity contribution in [2.24, 2.45) is 0 Å². The first-order valence-electron chi connectivity index (χ1n) is 11.2. The second kappa shape index (κ2) is 12.9. The van der Waals surface area contributed by atoms with E-state index in [-0.39, 0.29) is 30.2 Å². The molecule has 1 aliphatic carbocycles. The van der Waals surface area contributed by atoms with E-state index in [1.807, 2.05) is 25.1 Å². The number of carbonyl (C=O) groups excluding carboxylic acids is 2. The van der Waals surface area contributed by atoms with Crippen LogP contribution in [0, 0.1) is 0 Å². The molecule has 1 atom stereocenters.